The molecule has 2 atom stereocenters. The molecular weight excluding hydrogens is 303 g/mol. The first-order valence-corrected chi connectivity index (χ1v) is 7.06. The van der Waals surface area contributed by atoms with E-state index >= 15 is 0 Å². The summed E-state index contributed by atoms with van der Waals surface area (Å²) in [5.74, 6) is -2.92. The summed E-state index contributed by atoms with van der Waals surface area (Å²) in [5, 5.41) is 8.35. The molecule has 1 fully saturated rings. The number of carboxylic acid groups (broad SMARTS) is 1. The molecule has 0 saturated carbocycles. The number of carbonyl (C=O) groups excluding carboxylic acids is 2. The van der Waals surface area contributed by atoms with Crippen molar-refractivity contribution in [3.63, 3.8) is 0 Å². The third-order valence-electron chi connectivity index (χ3n) is 3.54. The lowest BCUT2D eigenvalue weighted by molar-refractivity contribution is -0.169. The van der Waals surface area contributed by atoms with Crippen molar-refractivity contribution in [1.82, 2.24) is 9.80 Å². The Labute approximate surface area is 127 Å². The van der Waals surface area contributed by atoms with E-state index in [0.717, 1.165) is 9.80 Å². The van der Waals surface area contributed by atoms with Gasteiger partial charge in [-0.3, -0.25) is 9.59 Å². The van der Waals surface area contributed by atoms with Crippen molar-refractivity contribution in [2.75, 3.05) is 20.1 Å². The summed E-state index contributed by atoms with van der Waals surface area (Å²) in [7, 11) is 1.26. The van der Waals surface area contributed by atoms with Crippen LogP contribution < -0.4 is 0 Å². The highest BCUT2D eigenvalue weighted by atomic mass is 35.5. The van der Waals surface area contributed by atoms with Crippen molar-refractivity contribution in [2.45, 2.75) is 37.9 Å². The Hall–Kier alpha value is -1.37. The van der Waals surface area contributed by atoms with Gasteiger partial charge in [0, 0.05) is 7.05 Å². The lowest BCUT2D eigenvalue weighted by atomic mass is 9.92. The number of amides is 2. The second-order valence-corrected chi connectivity index (χ2v) is 6.37. The van der Waals surface area contributed by atoms with E-state index in [1.54, 1.807) is 13.8 Å². The van der Waals surface area contributed by atoms with E-state index in [1.165, 1.54) is 14.0 Å². The molecule has 1 aliphatic rings. The van der Waals surface area contributed by atoms with Crippen LogP contribution in [0.15, 0.2) is 0 Å². The van der Waals surface area contributed by atoms with Crippen LogP contribution in [0.4, 0.5) is 4.39 Å². The normalized spacial score (nSPS) is 19.7. The van der Waals surface area contributed by atoms with E-state index in [1.807, 2.05) is 0 Å². The summed E-state index contributed by atoms with van der Waals surface area (Å²) in [4.78, 5) is 36.9. The van der Waals surface area contributed by atoms with Gasteiger partial charge in [0.1, 0.15) is 11.4 Å². The maximum atomic E-state index is 14.5. The molecule has 1 saturated heterocycles. The second-order valence-electron chi connectivity index (χ2n) is 5.72. The maximum absolute atomic E-state index is 14.5. The molecule has 0 unspecified atom stereocenters. The number of carbonyl (C=O) groups is 3. The van der Waals surface area contributed by atoms with Gasteiger partial charge in [-0.25, -0.2) is 9.18 Å². The van der Waals surface area contributed by atoms with Crippen LogP contribution in [0.1, 0.15) is 20.8 Å². The minimum absolute atomic E-state index is 0.360. The van der Waals surface area contributed by atoms with Crippen LogP contribution in [0.3, 0.4) is 0 Å². The number of nitrogens with zero attached hydrogens (tertiary/aromatic N) is 2. The van der Waals surface area contributed by atoms with Crippen LogP contribution in [0.25, 0.3) is 0 Å². The molecule has 2 amide bonds. The number of aliphatic carboxylic acids is 1. The quantitative estimate of drug-likeness (QED) is 0.757. The zero-order valence-corrected chi connectivity index (χ0v) is 13.2. The van der Waals surface area contributed by atoms with Gasteiger partial charge in [0.2, 0.25) is 11.6 Å². The molecule has 120 valence electrons. The molecule has 0 bridgehead atoms. The molecule has 1 heterocycles. The zero-order valence-electron chi connectivity index (χ0n) is 12.5. The van der Waals surface area contributed by atoms with Crippen molar-refractivity contribution in [3.8, 4) is 0 Å². The highest BCUT2D eigenvalue weighted by Gasteiger charge is 2.54. The summed E-state index contributed by atoms with van der Waals surface area (Å²) in [6, 6.07) is -1.11. The summed E-state index contributed by atoms with van der Waals surface area (Å²) in [6.45, 7) is 3.96. The Balaban J connectivity index is 2.76. The van der Waals surface area contributed by atoms with E-state index in [2.05, 4.69) is 0 Å². The van der Waals surface area contributed by atoms with E-state index in [-0.39, 0.29) is 5.92 Å². The van der Waals surface area contributed by atoms with Crippen molar-refractivity contribution >= 4 is 29.4 Å². The molecule has 1 aliphatic heterocycles. The minimum Gasteiger partial charge on any atom is -0.480 e. The Morgan fingerprint density at radius 3 is 2.10 bits per heavy atom. The average molecular weight is 323 g/mol. The molecular formula is C13H20ClFN2O4. The predicted molar refractivity (Wildman–Crippen MR) is 74.8 cm³/mol. The van der Waals surface area contributed by atoms with Gasteiger partial charge in [-0.1, -0.05) is 13.8 Å². The first kappa shape index (κ1) is 17.7. The monoisotopic (exact) mass is 322 g/mol. The number of halogens is 2. The molecule has 1 N–H and O–H groups in total. The van der Waals surface area contributed by atoms with E-state index in [0.29, 0.717) is 0 Å². The standard InChI is InChI=1S/C13H20ClFN2O4/c1-7(2)9(11(19)20)16(4)12(21)13(15)5-17(6-13)10(18)8(3)14/h7-9H,5-6H2,1-4H3,(H,19,20)/t8-,9+/m1/s1. The summed E-state index contributed by atoms with van der Waals surface area (Å²) >= 11 is 5.62. The van der Waals surface area contributed by atoms with E-state index < -0.39 is 48.0 Å². The smallest absolute Gasteiger partial charge is 0.326 e. The lowest BCUT2D eigenvalue weighted by Crippen LogP contribution is -2.69. The Morgan fingerprint density at radius 2 is 1.76 bits per heavy atom. The number of likely N-dealkylation sites (N-methyl/N-ethyl adjacent to an activating group) is 1. The molecule has 0 aromatic carbocycles. The molecule has 0 aromatic rings. The number of hydrogen-bond acceptors (Lipinski definition) is 3. The van der Waals surface area contributed by atoms with Crippen molar-refractivity contribution in [2.24, 2.45) is 5.92 Å². The topological polar surface area (TPSA) is 77.9 Å². The molecule has 1 rings (SSSR count). The van der Waals surface area contributed by atoms with Gasteiger partial charge in [-0.05, 0) is 12.8 Å². The van der Waals surface area contributed by atoms with E-state index in [4.69, 9.17) is 16.7 Å². The van der Waals surface area contributed by atoms with Crippen LogP contribution in [0.2, 0.25) is 0 Å². The first-order valence-electron chi connectivity index (χ1n) is 6.63. The predicted octanol–water partition coefficient (Wildman–Crippen LogP) is 0.732. The Bertz CT molecular complexity index is 449. The molecule has 0 aromatic heterocycles. The number of carboxylic acids is 1. The van der Waals surface area contributed by atoms with Gasteiger partial charge >= 0.3 is 5.97 Å². The molecule has 0 spiro atoms. The van der Waals surface area contributed by atoms with Crippen LogP contribution in [-0.2, 0) is 14.4 Å². The van der Waals surface area contributed by atoms with Crippen molar-refractivity contribution in [3.05, 3.63) is 0 Å². The molecule has 0 radical (unpaired) electrons. The number of rotatable bonds is 5. The molecule has 8 heteroatoms. The third kappa shape index (κ3) is 3.45. The van der Waals surface area contributed by atoms with Gasteiger partial charge in [-0.2, -0.15) is 0 Å². The van der Waals surface area contributed by atoms with Crippen LogP contribution in [0, 0.1) is 5.92 Å². The summed E-state index contributed by atoms with van der Waals surface area (Å²) in [6.07, 6.45) is 0. The Morgan fingerprint density at radius 1 is 1.29 bits per heavy atom. The summed E-state index contributed by atoms with van der Waals surface area (Å²) in [5.41, 5.74) is -2.24. The van der Waals surface area contributed by atoms with Crippen LogP contribution in [0.5, 0.6) is 0 Å². The van der Waals surface area contributed by atoms with Crippen molar-refractivity contribution < 1.29 is 23.9 Å². The molecule has 21 heavy (non-hydrogen) atoms. The van der Waals surface area contributed by atoms with Crippen molar-refractivity contribution in [1.29, 1.82) is 0 Å². The fraction of sp³-hybridized carbons (Fsp3) is 0.769. The van der Waals surface area contributed by atoms with Gasteiger partial charge in [0.05, 0.1) is 13.1 Å². The number of hydrogen-bond donors (Lipinski definition) is 1. The van der Waals surface area contributed by atoms with E-state index in [9.17, 15) is 18.8 Å². The fourth-order valence-corrected chi connectivity index (χ4v) is 2.58. The van der Waals surface area contributed by atoms with Gasteiger partial charge in [-0.15, -0.1) is 11.6 Å². The number of alkyl halides is 2. The van der Waals surface area contributed by atoms with Gasteiger partial charge in [0.15, 0.2) is 0 Å². The highest BCUT2D eigenvalue weighted by molar-refractivity contribution is 6.30. The SMILES string of the molecule is CC(C)[C@@H](C(=O)O)N(C)C(=O)C1(F)CN(C(=O)[C@@H](C)Cl)C1. The average Bonchev–Trinajstić information content (AvgIpc) is 2.31. The first-order chi connectivity index (χ1) is 9.51. The maximum Gasteiger partial charge on any atom is 0.326 e. The third-order valence-corrected chi connectivity index (χ3v) is 3.73. The minimum atomic E-state index is -2.24. The lowest BCUT2D eigenvalue weighted by Gasteiger charge is -2.45. The van der Waals surface area contributed by atoms with Gasteiger partial charge in [0.25, 0.3) is 5.91 Å². The zero-order chi connectivity index (χ0) is 16.5. The molecule has 6 nitrogen and oxygen atoms in total. The largest absolute Gasteiger partial charge is 0.480 e. The highest BCUT2D eigenvalue weighted by Crippen LogP contribution is 2.30. The number of likely N-dealkylation sites (tertiary alicyclic amines) is 1. The second kappa shape index (κ2) is 6.17. The summed E-state index contributed by atoms with van der Waals surface area (Å²) < 4.78 is 14.5. The molecule has 0 aliphatic carbocycles. The van der Waals surface area contributed by atoms with Crippen LogP contribution in [-0.4, -0.2) is 69.9 Å². The Kier molecular flexibility index (Phi) is 5.20. The van der Waals surface area contributed by atoms with Gasteiger partial charge < -0.3 is 14.9 Å². The fourth-order valence-electron chi connectivity index (χ4n) is 2.44. The van der Waals surface area contributed by atoms with Crippen LogP contribution >= 0.6 is 11.6 Å².